The first-order valence-corrected chi connectivity index (χ1v) is 15.6. The molecule has 0 saturated carbocycles. The van der Waals surface area contributed by atoms with Gasteiger partial charge in [-0.15, -0.1) is 0 Å². The van der Waals surface area contributed by atoms with Gasteiger partial charge in [-0.05, 0) is 29.7 Å². The summed E-state index contributed by atoms with van der Waals surface area (Å²) in [5, 5.41) is 0. The topological polar surface area (TPSA) is 0 Å². The summed E-state index contributed by atoms with van der Waals surface area (Å²) >= 11 is 2.48. The number of hydrogen-bond donors (Lipinski definition) is 0. The summed E-state index contributed by atoms with van der Waals surface area (Å²) in [4.78, 5) is 0. The van der Waals surface area contributed by atoms with Crippen molar-refractivity contribution in [3.8, 4) is 0 Å². The highest BCUT2D eigenvalue weighted by atomic mass is 79.9. The van der Waals surface area contributed by atoms with Crippen LogP contribution in [0.1, 0.15) is 24.0 Å². The molecule has 0 radical (unpaired) electrons. The van der Waals surface area contributed by atoms with Gasteiger partial charge in [-0.1, -0.05) is 28.9 Å². The monoisotopic (exact) mass is 910 g/mol. The number of rotatable bonds is 16. The van der Waals surface area contributed by atoms with Crippen LogP contribution in [0.25, 0.3) is 0 Å². The zero-order valence-corrected chi connectivity index (χ0v) is 28.3. The Labute approximate surface area is 298 Å². The highest BCUT2D eigenvalue weighted by molar-refractivity contribution is 9.10. The molecule has 0 N–H and O–H groups in total. The Balaban J connectivity index is 5.83. The average molecular weight is 911 g/mol. The van der Waals surface area contributed by atoms with Crippen LogP contribution in [0.4, 0.5) is 105 Å². The molecule has 0 spiro atoms. The minimum atomic E-state index is -7.46. The van der Waals surface area contributed by atoms with Crippen LogP contribution >= 0.6 is 15.9 Å². The molecule has 1 rings (SSSR count). The average Bonchev–Trinajstić information content (AvgIpc) is 2.95. The molecule has 1 aromatic rings. The highest BCUT2D eigenvalue weighted by Gasteiger charge is 2.86. The van der Waals surface area contributed by atoms with E-state index in [1.54, 1.807) is 0 Å². The van der Waals surface area contributed by atoms with E-state index in [1.807, 2.05) is 0 Å². The van der Waals surface area contributed by atoms with Crippen LogP contribution in [-0.4, -0.2) is 77.1 Å². The van der Waals surface area contributed by atoms with E-state index in [0.29, 0.717) is 0 Å². The van der Waals surface area contributed by atoms with Gasteiger partial charge in [-0.3, -0.25) is 26.3 Å². The van der Waals surface area contributed by atoms with Gasteiger partial charge in [0.1, 0.15) is 40.0 Å². The molecule has 0 aliphatic heterocycles. The number of hydrogen-bond acceptors (Lipinski definition) is 0. The van der Waals surface area contributed by atoms with Crippen LogP contribution < -0.4 is 0 Å². The Morgan fingerprint density at radius 2 is 0.722 bits per heavy atom. The summed E-state index contributed by atoms with van der Waals surface area (Å²) in [6.07, 6.45) is -44.7. The summed E-state index contributed by atoms with van der Waals surface area (Å²) < 4.78 is 359. The first-order chi connectivity index (χ1) is 24.2. The third-order valence-electron chi connectivity index (χ3n) is 9.63. The lowest BCUT2D eigenvalue weighted by atomic mass is 9.35. The Bertz CT molecular complexity index is 1240. The number of halogens is 25. The predicted octanol–water partition coefficient (Wildman–Crippen LogP) is 13.0. The summed E-state index contributed by atoms with van der Waals surface area (Å²) in [7, 11) is 0. The third kappa shape index (κ3) is 9.41. The highest BCUT2D eigenvalue weighted by Crippen LogP contribution is 2.78. The first kappa shape index (κ1) is 50.0. The minimum Gasteiger partial charge on any atom is -0.250 e. The molecule has 0 aliphatic carbocycles. The van der Waals surface area contributed by atoms with Crippen molar-refractivity contribution in [2.75, 3.05) is 40.0 Å². The second kappa shape index (κ2) is 17.3. The molecule has 0 heterocycles. The summed E-state index contributed by atoms with van der Waals surface area (Å²) in [6, 6.07) is 0.512. The van der Waals surface area contributed by atoms with Gasteiger partial charge in [0.15, 0.2) is 0 Å². The van der Waals surface area contributed by atoms with Gasteiger partial charge >= 0.3 is 37.1 Å². The second-order valence-corrected chi connectivity index (χ2v) is 13.1. The fourth-order valence-corrected chi connectivity index (χ4v) is 8.44. The third-order valence-corrected chi connectivity index (χ3v) is 10.1. The zero-order chi connectivity index (χ0) is 42.8. The van der Waals surface area contributed by atoms with Crippen molar-refractivity contribution >= 4 is 15.9 Å². The van der Waals surface area contributed by atoms with Crippen LogP contribution in [0.3, 0.4) is 0 Å². The van der Waals surface area contributed by atoms with E-state index in [4.69, 9.17) is 0 Å². The molecule has 0 bridgehead atoms. The first-order valence-electron chi connectivity index (χ1n) is 14.8. The van der Waals surface area contributed by atoms with Crippen molar-refractivity contribution in [1.29, 1.82) is 0 Å². The van der Waals surface area contributed by atoms with E-state index in [9.17, 15) is 70.2 Å². The molecule has 1 aromatic carbocycles. The quantitative estimate of drug-likeness (QED) is 0.145. The molecular weight excluding hydrogens is 884 g/mol. The molecule has 7 atom stereocenters. The van der Waals surface area contributed by atoms with Crippen LogP contribution in [-0.2, 0) is 6.42 Å². The molecule has 0 amide bonds. The molecule has 0 saturated heterocycles. The van der Waals surface area contributed by atoms with E-state index >= 15 is 35.1 Å². The number of benzene rings is 1. The van der Waals surface area contributed by atoms with E-state index < -0.39 is 151 Å². The number of aryl methyl sites for hydroxylation is 1. The molecule has 0 fully saturated rings. The molecule has 54 heavy (non-hydrogen) atoms. The van der Waals surface area contributed by atoms with Crippen molar-refractivity contribution in [3.63, 3.8) is 0 Å². The molecule has 0 aliphatic rings. The fourth-order valence-electron chi connectivity index (χ4n) is 7.88. The van der Waals surface area contributed by atoms with Gasteiger partial charge in [0, 0.05) is 21.2 Å². The lowest BCUT2D eigenvalue weighted by Gasteiger charge is -2.67. The molecular formula is C29H27BrF24. The normalized spacial score (nSPS) is 20.3. The molecule has 7 unspecified atom stereocenters. The van der Waals surface area contributed by atoms with Gasteiger partial charge in [-0.2, -0.15) is 79.0 Å². The van der Waals surface area contributed by atoms with Gasteiger partial charge in [0.2, 0.25) is 0 Å². The smallest absolute Gasteiger partial charge is 0.250 e. The molecule has 318 valence electrons. The van der Waals surface area contributed by atoms with Gasteiger partial charge in [0.05, 0.1) is 35.5 Å². The summed E-state index contributed by atoms with van der Waals surface area (Å²) in [6.45, 7) is -23.0. The minimum absolute atomic E-state index is 0.0607. The Hall–Kier alpha value is -1.98. The van der Waals surface area contributed by atoms with Crippen LogP contribution in [0.2, 0.25) is 0 Å². The predicted molar refractivity (Wildman–Crippen MR) is 144 cm³/mol. The van der Waals surface area contributed by atoms with Gasteiger partial charge in [-0.25, -0.2) is 0 Å². The maximum atomic E-state index is 15.1. The van der Waals surface area contributed by atoms with Crippen molar-refractivity contribution in [1.82, 2.24) is 0 Å². The van der Waals surface area contributed by atoms with E-state index in [2.05, 4.69) is 15.9 Å². The van der Waals surface area contributed by atoms with Crippen LogP contribution in [0.5, 0.6) is 0 Å². The molecule has 25 heteroatoms. The lowest BCUT2D eigenvalue weighted by molar-refractivity contribution is -0.403. The lowest BCUT2D eigenvalue weighted by Crippen LogP contribution is -2.75. The summed E-state index contributed by atoms with van der Waals surface area (Å²) in [5.74, 6) is -39.4. The van der Waals surface area contributed by atoms with Crippen LogP contribution in [0, 0.1) is 46.3 Å². The van der Waals surface area contributed by atoms with Gasteiger partial charge in [0.25, 0.3) is 0 Å². The Morgan fingerprint density at radius 3 is 0.944 bits per heavy atom. The van der Waals surface area contributed by atoms with E-state index in [0.717, 1.165) is 13.0 Å². The van der Waals surface area contributed by atoms with Crippen molar-refractivity contribution in [2.45, 2.75) is 56.3 Å². The Kier molecular flexibility index (Phi) is 16.0. The Morgan fingerprint density at radius 1 is 0.426 bits per heavy atom. The summed E-state index contributed by atoms with van der Waals surface area (Å²) in [5.41, 5.74) is -16.9. The fraction of sp³-hybridized carbons (Fsp3) is 0.793. The second-order valence-electron chi connectivity index (χ2n) is 12.1. The number of alkyl halides is 24. The standard InChI is InChI=1S/C29H27BrF24/c1-2-12-3-13(5-14(30)4-12)21(15(6-31)24(37,38)39)23(19(10-35)28(49,50)51,20(11-36)29(52,53)54)22(16(7-32)25(40,41)42,17(8-33)26(43,44)45)18(9-34)27(46,47)48/h3-5,15-21H,2,6-11H2,1H3. The maximum absolute atomic E-state index is 15.1. The zero-order valence-electron chi connectivity index (χ0n) is 26.7. The van der Waals surface area contributed by atoms with Crippen molar-refractivity contribution in [3.05, 3.63) is 33.8 Å². The van der Waals surface area contributed by atoms with E-state index in [-0.39, 0.29) is 12.1 Å². The maximum Gasteiger partial charge on any atom is 0.394 e. The van der Waals surface area contributed by atoms with Crippen molar-refractivity contribution < 1.29 is 105 Å². The molecule has 0 nitrogen and oxygen atoms in total. The van der Waals surface area contributed by atoms with Gasteiger partial charge < -0.3 is 0 Å². The van der Waals surface area contributed by atoms with Crippen molar-refractivity contribution in [2.24, 2.45) is 46.3 Å². The van der Waals surface area contributed by atoms with Crippen LogP contribution in [0.15, 0.2) is 22.7 Å². The molecule has 0 aromatic heterocycles. The largest absolute Gasteiger partial charge is 0.394 e. The SMILES string of the molecule is CCc1cc(Br)cc(C(C(CF)C(F)(F)F)C(C(CF)C(F)(F)F)(C(CF)C(F)(F)F)C(C(CF)C(F)(F)F)(C(CF)C(F)(F)F)C(CF)C(F)(F)F)c1. The van der Waals surface area contributed by atoms with E-state index in [1.165, 1.54) is 0 Å².